The second-order valence-electron chi connectivity index (χ2n) is 5.69. The molecule has 1 aliphatic rings. The summed E-state index contributed by atoms with van der Waals surface area (Å²) >= 11 is 6.05. The van der Waals surface area contributed by atoms with Gasteiger partial charge in [-0.15, -0.1) is 0 Å². The van der Waals surface area contributed by atoms with Gasteiger partial charge in [0.25, 0.3) is 0 Å². The molecule has 0 spiro atoms. The molecule has 0 radical (unpaired) electrons. The molecule has 0 aromatic heterocycles. The summed E-state index contributed by atoms with van der Waals surface area (Å²) in [5.41, 5.74) is 0.209. The van der Waals surface area contributed by atoms with Crippen LogP contribution in [0, 0.1) is 0 Å². The number of nitrogens with zero attached hydrogens (tertiary/aromatic N) is 1. The van der Waals surface area contributed by atoms with E-state index in [1.165, 1.54) is 0 Å². The van der Waals surface area contributed by atoms with Crippen molar-refractivity contribution >= 4 is 11.6 Å². The van der Waals surface area contributed by atoms with E-state index in [0.29, 0.717) is 11.6 Å². The Hall–Kier alpha value is -0.610. The summed E-state index contributed by atoms with van der Waals surface area (Å²) in [4.78, 5) is 2.15. The summed E-state index contributed by atoms with van der Waals surface area (Å²) in [5.74, 6) is 0. The Morgan fingerprint density at radius 2 is 2.06 bits per heavy atom. The highest BCUT2D eigenvalue weighted by molar-refractivity contribution is 6.30. The molecule has 1 saturated heterocycles. The predicted molar refractivity (Wildman–Crippen MR) is 72.6 cm³/mol. The molecule has 4 heteroatoms. The van der Waals surface area contributed by atoms with Crippen molar-refractivity contribution in [3.63, 3.8) is 0 Å². The van der Waals surface area contributed by atoms with Crippen LogP contribution in [0.5, 0.6) is 0 Å². The highest BCUT2D eigenvalue weighted by Crippen LogP contribution is 2.40. The fraction of sp³-hybridized carbons (Fsp3) is 0.571. The van der Waals surface area contributed by atoms with Crippen LogP contribution < -0.4 is 0 Å². The minimum Gasteiger partial charge on any atom is -0.366 e. The fourth-order valence-electron chi connectivity index (χ4n) is 2.48. The fourth-order valence-corrected chi connectivity index (χ4v) is 2.67. The number of hydrogen-bond acceptors (Lipinski definition) is 3. The molecule has 0 saturated carbocycles. The van der Waals surface area contributed by atoms with Crippen molar-refractivity contribution in [3.05, 3.63) is 34.9 Å². The van der Waals surface area contributed by atoms with Gasteiger partial charge >= 0.3 is 0 Å². The first-order valence-electron chi connectivity index (χ1n) is 6.08. The van der Waals surface area contributed by atoms with Gasteiger partial charge in [0.15, 0.2) is 6.29 Å². The van der Waals surface area contributed by atoms with Crippen molar-refractivity contribution in [2.75, 3.05) is 13.7 Å². The Morgan fingerprint density at radius 1 is 1.39 bits per heavy atom. The molecule has 18 heavy (non-hydrogen) atoms. The van der Waals surface area contributed by atoms with E-state index in [-0.39, 0.29) is 5.54 Å². The first-order chi connectivity index (χ1) is 8.28. The second kappa shape index (κ2) is 4.49. The van der Waals surface area contributed by atoms with E-state index in [1.54, 1.807) is 0 Å². The third kappa shape index (κ3) is 2.05. The third-order valence-corrected chi connectivity index (χ3v) is 4.32. The molecule has 1 aromatic carbocycles. The van der Waals surface area contributed by atoms with Crippen LogP contribution in [0.3, 0.4) is 0 Å². The van der Waals surface area contributed by atoms with Gasteiger partial charge in [-0.25, -0.2) is 0 Å². The summed E-state index contributed by atoms with van der Waals surface area (Å²) in [7, 11) is 2.01. The van der Waals surface area contributed by atoms with Gasteiger partial charge in [-0.05, 0) is 45.5 Å². The number of morpholine rings is 1. The molecule has 3 nitrogen and oxygen atoms in total. The van der Waals surface area contributed by atoms with E-state index >= 15 is 0 Å². The molecule has 2 rings (SSSR count). The van der Waals surface area contributed by atoms with Gasteiger partial charge in [-0.1, -0.05) is 23.7 Å². The molecule has 2 atom stereocenters. The van der Waals surface area contributed by atoms with Crippen molar-refractivity contribution in [1.29, 1.82) is 0 Å². The van der Waals surface area contributed by atoms with Crippen molar-refractivity contribution in [2.24, 2.45) is 0 Å². The zero-order valence-electron chi connectivity index (χ0n) is 11.3. The largest absolute Gasteiger partial charge is 0.366 e. The van der Waals surface area contributed by atoms with Crippen molar-refractivity contribution < 1.29 is 9.84 Å². The Balaban J connectivity index is 2.49. The Kier molecular flexibility index (Phi) is 3.45. The molecule has 2 unspecified atom stereocenters. The average Bonchev–Trinajstić information content (AvgIpc) is 2.32. The lowest BCUT2D eigenvalue weighted by Crippen LogP contribution is -2.65. The normalized spacial score (nSPS) is 32.4. The lowest BCUT2D eigenvalue weighted by molar-refractivity contribution is -0.254. The van der Waals surface area contributed by atoms with Crippen molar-refractivity contribution in [1.82, 2.24) is 4.90 Å². The zero-order valence-corrected chi connectivity index (χ0v) is 12.0. The van der Waals surface area contributed by atoms with Crippen LogP contribution in [-0.4, -0.2) is 35.5 Å². The van der Waals surface area contributed by atoms with E-state index in [2.05, 4.69) is 18.7 Å². The van der Waals surface area contributed by atoms with E-state index in [9.17, 15) is 5.11 Å². The Morgan fingerprint density at radius 3 is 2.67 bits per heavy atom. The van der Waals surface area contributed by atoms with Crippen LogP contribution in [0.15, 0.2) is 24.3 Å². The maximum absolute atomic E-state index is 10.3. The Labute approximate surface area is 113 Å². The van der Waals surface area contributed by atoms with Gasteiger partial charge in [-0.3, -0.25) is 4.90 Å². The maximum Gasteiger partial charge on any atom is 0.177 e. The van der Waals surface area contributed by atoms with E-state index in [0.717, 1.165) is 5.56 Å². The molecular weight excluding hydrogens is 250 g/mol. The number of hydrogen-bond donors (Lipinski definition) is 1. The standard InChI is InChI=1S/C14H20ClNO2/c1-13(2)9-18-12(17)14(3,16(13)4)10-6-5-7-11(15)8-10/h5-8,12,17H,9H2,1-4H3. The number of likely N-dealkylation sites (N-methyl/N-ethyl adjacent to an activating group) is 1. The maximum atomic E-state index is 10.3. The molecular formula is C14H20ClNO2. The molecule has 0 amide bonds. The summed E-state index contributed by atoms with van der Waals surface area (Å²) in [6.45, 7) is 6.68. The lowest BCUT2D eigenvalue weighted by atomic mass is 9.83. The van der Waals surface area contributed by atoms with E-state index in [4.69, 9.17) is 16.3 Å². The van der Waals surface area contributed by atoms with E-state index < -0.39 is 11.8 Å². The van der Waals surface area contributed by atoms with Crippen LogP contribution >= 0.6 is 11.6 Å². The first-order valence-corrected chi connectivity index (χ1v) is 6.46. The summed E-state index contributed by atoms with van der Waals surface area (Å²) in [6.07, 6.45) is -0.867. The smallest absolute Gasteiger partial charge is 0.177 e. The summed E-state index contributed by atoms with van der Waals surface area (Å²) in [5, 5.41) is 10.9. The third-order valence-electron chi connectivity index (χ3n) is 4.09. The number of aliphatic hydroxyl groups is 1. The lowest BCUT2D eigenvalue weighted by Gasteiger charge is -2.54. The Bertz CT molecular complexity index is 449. The van der Waals surface area contributed by atoms with Crippen LogP contribution in [0.25, 0.3) is 0 Å². The van der Waals surface area contributed by atoms with Gasteiger partial charge in [0, 0.05) is 10.6 Å². The molecule has 1 aliphatic heterocycles. The highest BCUT2D eigenvalue weighted by atomic mass is 35.5. The molecule has 100 valence electrons. The van der Waals surface area contributed by atoms with Gasteiger partial charge in [0.05, 0.1) is 12.1 Å². The molecule has 1 fully saturated rings. The molecule has 1 heterocycles. The van der Waals surface area contributed by atoms with Crippen molar-refractivity contribution in [2.45, 2.75) is 38.1 Å². The highest BCUT2D eigenvalue weighted by Gasteiger charge is 2.49. The number of benzene rings is 1. The van der Waals surface area contributed by atoms with Crippen LogP contribution in [0.2, 0.25) is 5.02 Å². The number of aliphatic hydroxyl groups excluding tert-OH is 1. The van der Waals surface area contributed by atoms with Crippen LogP contribution in [-0.2, 0) is 10.3 Å². The van der Waals surface area contributed by atoms with E-state index in [1.807, 2.05) is 38.2 Å². The van der Waals surface area contributed by atoms with Crippen molar-refractivity contribution in [3.8, 4) is 0 Å². The topological polar surface area (TPSA) is 32.7 Å². The molecule has 0 aliphatic carbocycles. The van der Waals surface area contributed by atoms with Gasteiger partial charge in [-0.2, -0.15) is 0 Å². The minimum atomic E-state index is -0.867. The zero-order chi connectivity index (χ0) is 13.6. The number of rotatable bonds is 1. The average molecular weight is 270 g/mol. The SMILES string of the molecule is CN1C(C)(C)COC(O)C1(C)c1cccc(Cl)c1. The predicted octanol–water partition coefficient (Wildman–Crippen LogP) is 2.61. The summed E-state index contributed by atoms with van der Waals surface area (Å²) in [6, 6.07) is 7.57. The first kappa shape index (κ1) is 13.8. The molecule has 0 bridgehead atoms. The second-order valence-corrected chi connectivity index (χ2v) is 6.13. The van der Waals surface area contributed by atoms with Crippen LogP contribution in [0.4, 0.5) is 0 Å². The van der Waals surface area contributed by atoms with Gasteiger partial charge in [0.2, 0.25) is 0 Å². The quantitative estimate of drug-likeness (QED) is 0.851. The molecule has 1 N–H and O–H groups in total. The molecule has 1 aromatic rings. The monoisotopic (exact) mass is 269 g/mol. The minimum absolute atomic E-state index is 0.143. The number of halogens is 1. The number of ether oxygens (including phenoxy) is 1. The summed E-state index contributed by atoms with van der Waals surface area (Å²) < 4.78 is 5.54. The van der Waals surface area contributed by atoms with Gasteiger partial charge in [0.1, 0.15) is 0 Å². The van der Waals surface area contributed by atoms with Gasteiger partial charge < -0.3 is 9.84 Å². The van der Waals surface area contributed by atoms with Crippen LogP contribution in [0.1, 0.15) is 26.3 Å².